The Morgan fingerprint density at radius 1 is 1.16 bits per heavy atom. The molecule has 0 aliphatic heterocycles. The molecule has 5 nitrogen and oxygen atoms in total. The standard InChI is InChI=1S/C14H11N3O2/c15-8-9-5-6-13(11(16)7-9)19-12-4-2-1-3-10(12)14(17)18/h1-7H,16H2,(H2,17,18). The van der Waals surface area contributed by atoms with Crippen molar-refractivity contribution in [2.75, 3.05) is 5.73 Å². The lowest BCUT2D eigenvalue weighted by Crippen LogP contribution is -2.12. The van der Waals surface area contributed by atoms with Gasteiger partial charge in [0.15, 0.2) is 0 Å². The van der Waals surface area contributed by atoms with E-state index in [0.29, 0.717) is 22.7 Å². The van der Waals surface area contributed by atoms with Gasteiger partial charge in [0.2, 0.25) is 0 Å². The maximum Gasteiger partial charge on any atom is 0.252 e. The van der Waals surface area contributed by atoms with Crippen molar-refractivity contribution in [1.82, 2.24) is 0 Å². The third kappa shape index (κ3) is 2.64. The summed E-state index contributed by atoms with van der Waals surface area (Å²) < 4.78 is 5.57. The molecule has 0 aromatic heterocycles. The fourth-order valence-electron chi connectivity index (χ4n) is 1.59. The number of carbonyl (C=O) groups is 1. The Labute approximate surface area is 110 Å². The number of anilines is 1. The Kier molecular flexibility index (Phi) is 3.35. The molecule has 0 saturated heterocycles. The van der Waals surface area contributed by atoms with Crippen LogP contribution in [-0.4, -0.2) is 5.91 Å². The number of benzene rings is 2. The van der Waals surface area contributed by atoms with Gasteiger partial charge < -0.3 is 16.2 Å². The number of nitrogen functional groups attached to an aromatic ring is 1. The predicted molar refractivity (Wildman–Crippen MR) is 70.6 cm³/mol. The van der Waals surface area contributed by atoms with Crippen molar-refractivity contribution < 1.29 is 9.53 Å². The number of ether oxygens (including phenoxy) is 1. The highest BCUT2D eigenvalue weighted by molar-refractivity contribution is 5.95. The van der Waals surface area contributed by atoms with E-state index in [1.165, 1.54) is 6.07 Å². The number of rotatable bonds is 3. The molecule has 1 amide bonds. The quantitative estimate of drug-likeness (QED) is 0.817. The Balaban J connectivity index is 2.37. The van der Waals surface area contributed by atoms with Crippen molar-refractivity contribution in [2.45, 2.75) is 0 Å². The SMILES string of the molecule is N#Cc1ccc(Oc2ccccc2C(N)=O)c(N)c1. The summed E-state index contributed by atoms with van der Waals surface area (Å²) in [6.07, 6.45) is 0. The minimum atomic E-state index is -0.581. The number of hydrogen-bond donors (Lipinski definition) is 2. The van der Waals surface area contributed by atoms with Crippen LogP contribution in [0.1, 0.15) is 15.9 Å². The summed E-state index contributed by atoms with van der Waals surface area (Å²) in [6.45, 7) is 0. The highest BCUT2D eigenvalue weighted by Gasteiger charge is 2.10. The number of para-hydroxylation sites is 1. The molecule has 0 fully saturated rings. The molecule has 0 atom stereocenters. The molecule has 0 aliphatic rings. The van der Waals surface area contributed by atoms with Gasteiger partial charge >= 0.3 is 0 Å². The molecule has 0 heterocycles. The molecule has 0 spiro atoms. The molecule has 94 valence electrons. The van der Waals surface area contributed by atoms with Crippen LogP contribution in [0, 0.1) is 11.3 Å². The van der Waals surface area contributed by atoms with E-state index in [-0.39, 0.29) is 5.56 Å². The minimum Gasteiger partial charge on any atom is -0.454 e. The first-order chi connectivity index (χ1) is 9.11. The molecular formula is C14H11N3O2. The lowest BCUT2D eigenvalue weighted by molar-refractivity contribution is 0.0998. The maximum absolute atomic E-state index is 11.3. The monoisotopic (exact) mass is 253 g/mol. The zero-order valence-electron chi connectivity index (χ0n) is 9.96. The van der Waals surface area contributed by atoms with E-state index in [1.807, 2.05) is 6.07 Å². The third-order valence-corrected chi connectivity index (χ3v) is 2.51. The van der Waals surface area contributed by atoms with E-state index in [2.05, 4.69) is 0 Å². The largest absolute Gasteiger partial charge is 0.454 e. The Hall–Kier alpha value is -3.00. The normalized spacial score (nSPS) is 9.63. The van der Waals surface area contributed by atoms with Gasteiger partial charge in [0.1, 0.15) is 11.5 Å². The summed E-state index contributed by atoms with van der Waals surface area (Å²) in [6, 6.07) is 13.2. The first-order valence-corrected chi connectivity index (χ1v) is 5.48. The van der Waals surface area contributed by atoms with Gasteiger partial charge in [-0.2, -0.15) is 5.26 Å². The van der Waals surface area contributed by atoms with Crippen LogP contribution >= 0.6 is 0 Å². The second-order valence-corrected chi connectivity index (χ2v) is 3.83. The van der Waals surface area contributed by atoms with Gasteiger partial charge in [-0.15, -0.1) is 0 Å². The number of nitriles is 1. The van der Waals surface area contributed by atoms with Crippen molar-refractivity contribution >= 4 is 11.6 Å². The van der Waals surface area contributed by atoms with Gasteiger partial charge in [-0.3, -0.25) is 4.79 Å². The summed E-state index contributed by atoms with van der Waals surface area (Å²) in [7, 11) is 0. The smallest absolute Gasteiger partial charge is 0.252 e. The van der Waals surface area contributed by atoms with Gasteiger partial charge in [0.25, 0.3) is 5.91 Å². The highest BCUT2D eigenvalue weighted by atomic mass is 16.5. The number of nitrogens with two attached hydrogens (primary N) is 2. The van der Waals surface area contributed by atoms with Gasteiger partial charge in [0, 0.05) is 0 Å². The number of hydrogen-bond acceptors (Lipinski definition) is 4. The van der Waals surface area contributed by atoms with Gasteiger partial charge in [-0.25, -0.2) is 0 Å². The second-order valence-electron chi connectivity index (χ2n) is 3.83. The Bertz CT molecular complexity index is 675. The highest BCUT2D eigenvalue weighted by Crippen LogP contribution is 2.30. The molecule has 2 aromatic carbocycles. The van der Waals surface area contributed by atoms with Crippen molar-refractivity contribution in [3.63, 3.8) is 0 Å². The van der Waals surface area contributed by atoms with Gasteiger partial charge in [-0.05, 0) is 30.3 Å². The van der Waals surface area contributed by atoms with Crippen LogP contribution in [0.3, 0.4) is 0 Å². The molecule has 2 aromatic rings. The van der Waals surface area contributed by atoms with Gasteiger partial charge in [0.05, 0.1) is 22.9 Å². The van der Waals surface area contributed by atoms with Crippen LogP contribution in [0.15, 0.2) is 42.5 Å². The molecule has 0 aliphatic carbocycles. The van der Waals surface area contributed by atoms with E-state index in [1.54, 1.807) is 36.4 Å². The average molecular weight is 253 g/mol. The van der Waals surface area contributed by atoms with Crippen LogP contribution in [0.5, 0.6) is 11.5 Å². The number of primary amides is 1. The van der Waals surface area contributed by atoms with Crippen molar-refractivity contribution in [2.24, 2.45) is 5.73 Å². The minimum absolute atomic E-state index is 0.270. The van der Waals surface area contributed by atoms with E-state index in [4.69, 9.17) is 21.5 Å². The molecule has 5 heteroatoms. The van der Waals surface area contributed by atoms with Crippen LogP contribution in [-0.2, 0) is 0 Å². The molecule has 0 bridgehead atoms. The second kappa shape index (κ2) is 5.10. The van der Waals surface area contributed by atoms with E-state index < -0.39 is 5.91 Å². The zero-order valence-corrected chi connectivity index (χ0v) is 9.96. The molecule has 19 heavy (non-hydrogen) atoms. The predicted octanol–water partition coefficient (Wildman–Crippen LogP) is 2.03. The van der Waals surface area contributed by atoms with Gasteiger partial charge in [-0.1, -0.05) is 12.1 Å². The number of nitrogens with zero attached hydrogens (tertiary/aromatic N) is 1. The van der Waals surface area contributed by atoms with Crippen LogP contribution in [0.4, 0.5) is 5.69 Å². The maximum atomic E-state index is 11.3. The topological polar surface area (TPSA) is 102 Å². The van der Waals surface area contributed by atoms with Crippen molar-refractivity contribution in [1.29, 1.82) is 5.26 Å². The fraction of sp³-hybridized carbons (Fsp3) is 0. The Morgan fingerprint density at radius 2 is 1.89 bits per heavy atom. The Morgan fingerprint density at radius 3 is 2.53 bits per heavy atom. The van der Waals surface area contributed by atoms with Crippen LogP contribution in [0.25, 0.3) is 0 Å². The van der Waals surface area contributed by atoms with E-state index in [0.717, 1.165) is 0 Å². The van der Waals surface area contributed by atoms with Crippen LogP contribution in [0.2, 0.25) is 0 Å². The number of amides is 1. The lowest BCUT2D eigenvalue weighted by atomic mass is 10.2. The first-order valence-electron chi connectivity index (χ1n) is 5.48. The summed E-state index contributed by atoms with van der Waals surface area (Å²) in [5.41, 5.74) is 12.1. The number of carbonyl (C=O) groups excluding carboxylic acids is 1. The fourth-order valence-corrected chi connectivity index (χ4v) is 1.59. The summed E-state index contributed by atoms with van der Waals surface area (Å²) in [5.74, 6) is 0.113. The molecule has 0 radical (unpaired) electrons. The van der Waals surface area contributed by atoms with Crippen LogP contribution < -0.4 is 16.2 Å². The van der Waals surface area contributed by atoms with E-state index in [9.17, 15) is 4.79 Å². The molecular weight excluding hydrogens is 242 g/mol. The summed E-state index contributed by atoms with van der Waals surface area (Å²) in [5, 5.41) is 8.75. The third-order valence-electron chi connectivity index (χ3n) is 2.51. The van der Waals surface area contributed by atoms with E-state index >= 15 is 0 Å². The molecule has 0 unspecified atom stereocenters. The van der Waals surface area contributed by atoms with Crippen molar-refractivity contribution in [3.8, 4) is 17.6 Å². The first kappa shape index (κ1) is 12.5. The zero-order chi connectivity index (χ0) is 13.8. The molecule has 0 saturated carbocycles. The summed E-state index contributed by atoms with van der Waals surface area (Å²) >= 11 is 0. The average Bonchev–Trinajstić information content (AvgIpc) is 2.41. The molecule has 4 N–H and O–H groups in total. The molecule has 2 rings (SSSR count). The lowest BCUT2D eigenvalue weighted by Gasteiger charge is -2.11. The summed E-state index contributed by atoms with van der Waals surface area (Å²) in [4.78, 5) is 11.3. The van der Waals surface area contributed by atoms with Crippen molar-refractivity contribution in [3.05, 3.63) is 53.6 Å².